The summed E-state index contributed by atoms with van der Waals surface area (Å²) in [5.74, 6) is -0.336. The van der Waals surface area contributed by atoms with Crippen molar-refractivity contribution in [2.45, 2.75) is 19.8 Å². The number of ether oxygens (including phenoxy) is 1. The summed E-state index contributed by atoms with van der Waals surface area (Å²) in [5, 5.41) is 0. The fourth-order valence-electron chi connectivity index (χ4n) is 1.79. The number of Topliss-reactive ketones (excluding diaryl/α,β-unsaturated/α-hetero) is 1. The van der Waals surface area contributed by atoms with Gasteiger partial charge in [-0.05, 0) is 32.0 Å². The second-order valence-electron chi connectivity index (χ2n) is 4.79. The molecule has 1 rings (SSSR count). The van der Waals surface area contributed by atoms with Gasteiger partial charge in [0.1, 0.15) is 5.82 Å². The van der Waals surface area contributed by atoms with Crippen LogP contribution in [-0.2, 0) is 4.74 Å². The Balaban J connectivity index is 2.40. The summed E-state index contributed by atoms with van der Waals surface area (Å²) in [6.45, 7) is 3.98. The van der Waals surface area contributed by atoms with Crippen LogP contribution in [0.25, 0.3) is 0 Å². The zero-order valence-electron chi connectivity index (χ0n) is 11.9. The molecule has 19 heavy (non-hydrogen) atoms. The Bertz CT molecular complexity index is 421. The molecule has 0 aliphatic rings. The molecule has 0 atom stereocenters. The number of hydrogen-bond acceptors (Lipinski definition) is 3. The van der Waals surface area contributed by atoms with E-state index in [9.17, 15) is 9.18 Å². The molecule has 106 valence electrons. The van der Waals surface area contributed by atoms with E-state index in [1.54, 1.807) is 26.2 Å². The van der Waals surface area contributed by atoms with Crippen molar-refractivity contribution in [1.82, 2.24) is 4.90 Å². The maximum absolute atomic E-state index is 13.4. The van der Waals surface area contributed by atoms with Crippen LogP contribution >= 0.6 is 0 Å². The van der Waals surface area contributed by atoms with E-state index >= 15 is 0 Å². The Morgan fingerprint density at radius 1 is 1.37 bits per heavy atom. The molecule has 0 N–H and O–H groups in total. The maximum atomic E-state index is 13.4. The first-order valence-corrected chi connectivity index (χ1v) is 6.51. The van der Waals surface area contributed by atoms with Gasteiger partial charge in [0.25, 0.3) is 0 Å². The first-order valence-electron chi connectivity index (χ1n) is 6.51. The normalized spacial score (nSPS) is 11.0. The largest absolute Gasteiger partial charge is 0.385 e. The summed E-state index contributed by atoms with van der Waals surface area (Å²) in [6.07, 6.45) is 1.35. The van der Waals surface area contributed by atoms with Crippen molar-refractivity contribution in [3.05, 3.63) is 35.1 Å². The molecule has 1 aromatic rings. The number of carbonyl (C=O) groups is 1. The van der Waals surface area contributed by atoms with Gasteiger partial charge in [-0.3, -0.25) is 4.79 Å². The topological polar surface area (TPSA) is 29.5 Å². The molecule has 0 spiro atoms. The van der Waals surface area contributed by atoms with Crippen LogP contribution in [0.4, 0.5) is 4.39 Å². The molecule has 0 aromatic heterocycles. The molecule has 0 amide bonds. The van der Waals surface area contributed by atoms with Crippen LogP contribution in [0.15, 0.2) is 18.2 Å². The summed E-state index contributed by atoms with van der Waals surface area (Å²) < 4.78 is 18.3. The van der Waals surface area contributed by atoms with E-state index in [2.05, 4.69) is 4.90 Å². The van der Waals surface area contributed by atoms with Gasteiger partial charge in [0.15, 0.2) is 5.78 Å². The van der Waals surface area contributed by atoms with Crippen LogP contribution in [0.5, 0.6) is 0 Å². The lowest BCUT2D eigenvalue weighted by Crippen LogP contribution is -2.23. The van der Waals surface area contributed by atoms with Gasteiger partial charge in [-0.25, -0.2) is 4.39 Å². The maximum Gasteiger partial charge on any atom is 0.164 e. The van der Waals surface area contributed by atoms with Gasteiger partial charge in [0.2, 0.25) is 0 Å². The van der Waals surface area contributed by atoms with Crippen molar-refractivity contribution in [2.75, 3.05) is 33.9 Å². The summed E-state index contributed by atoms with van der Waals surface area (Å²) in [4.78, 5) is 14.0. The first kappa shape index (κ1) is 15.8. The van der Waals surface area contributed by atoms with Gasteiger partial charge in [-0.15, -0.1) is 0 Å². The van der Waals surface area contributed by atoms with Crippen molar-refractivity contribution in [3.63, 3.8) is 0 Å². The van der Waals surface area contributed by atoms with Crippen molar-refractivity contribution in [3.8, 4) is 0 Å². The minimum Gasteiger partial charge on any atom is -0.385 e. The molecule has 0 fully saturated rings. The Morgan fingerprint density at radius 2 is 2.11 bits per heavy atom. The van der Waals surface area contributed by atoms with Gasteiger partial charge in [-0.2, -0.15) is 0 Å². The molecule has 1 aromatic carbocycles. The van der Waals surface area contributed by atoms with Crippen molar-refractivity contribution >= 4 is 5.78 Å². The van der Waals surface area contributed by atoms with E-state index in [4.69, 9.17) is 4.74 Å². The van der Waals surface area contributed by atoms with Crippen molar-refractivity contribution < 1.29 is 13.9 Å². The number of carbonyl (C=O) groups excluding carboxylic acids is 1. The number of hydrogen-bond donors (Lipinski definition) is 0. The standard InChI is InChI=1S/C15H22FNO2/c1-12-5-6-13(11-14(12)16)15(18)7-9-17(2)8-4-10-19-3/h5-6,11H,4,7-10H2,1-3H3. The van der Waals surface area contributed by atoms with Crippen LogP contribution in [-0.4, -0.2) is 44.5 Å². The van der Waals surface area contributed by atoms with Gasteiger partial charge < -0.3 is 9.64 Å². The fraction of sp³-hybridized carbons (Fsp3) is 0.533. The van der Waals surface area contributed by atoms with E-state index in [-0.39, 0.29) is 11.6 Å². The summed E-state index contributed by atoms with van der Waals surface area (Å²) in [7, 11) is 3.65. The van der Waals surface area contributed by atoms with E-state index in [0.29, 0.717) is 24.1 Å². The van der Waals surface area contributed by atoms with E-state index < -0.39 is 0 Å². The van der Waals surface area contributed by atoms with Crippen LogP contribution < -0.4 is 0 Å². The number of halogens is 1. The number of aryl methyl sites for hydroxylation is 1. The van der Waals surface area contributed by atoms with Gasteiger partial charge in [0.05, 0.1) is 0 Å². The third kappa shape index (κ3) is 5.49. The summed E-state index contributed by atoms with van der Waals surface area (Å²) >= 11 is 0. The van der Waals surface area contributed by atoms with Gasteiger partial charge in [0, 0.05) is 38.8 Å². The molecule has 4 heteroatoms. The highest BCUT2D eigenvalue weighted by molar-refractivity contribution is 5.96. The molecule has 0 saturated carbocycles. The predicted molar refractivity (Wildman–Crippen MR) is 74.1 cm³/mol. The molecular formula is C15H22FNO2. The van der Waals surface area contributed by atoms with E-state index in [1.165, 1.54) is 6.07 Å². The van der Waals surface area contributed by atoms with Crippen LogP contribution in [0.1, 0.15) is 28.8 Å². The SMILES string of the molecule is COCCCN(C)CCC(=O)c1ccc(C)c(F)c1. The molecule has 0 aliphatic carbocycles. The minimum atomic E-state index is -0.320. The van der Waals surface area contributed by atoms with Crippen molar-refractivity contribution in [1.29, 1.82) is 0 Å². The lowest BCUT2D eigenvalue weighted by atomic mass is 10.1. The third-order valence-electron chi connectivity index (χ3n) is 3.10. The highest BCUT2D eigenvalue weighted by Gasteiger charge is 2.09. The minimum absolute atomic E-state index is 0.0162. The smallest absolute Gasteiger partial charge is 0.164 e. The second-order valence-corrected chi connectivity index (χ2v) is 4.79. The van der Waals surface area contributed by atoms with Gasteiger partial charge >= 0.3 is 0 Å². The second kappa shape index (κ2) is 8.02. The predicted octanol–water partition coefficient (Wildman–Crippen LogP) is 2.68. The lowest BCUT2D eigenvalue weighted by molar-refractivity contribution is 0.0966. The highest BCUT2D eigenvalue weighted by Crippen LogP contribution is 2.11. The molecule has 0 radical (unpaired) electrons. The number of nitrogens with zero attached hydrogens (tertiary/aromatic N) is 1. The number of rotatable bonds is 8. The Morgan fingerprint density at radius 3 is 2.74 bits per heavy atom. The zero-order valence-corrected chi connectivity index (χ0v) is 11.9. The molecule has 0 aliphatic heterocycles. The van der Waals surface area contributed by atoms with Crippen LogP contribution in [0, 0.1) is 12.7 Å². The summed E-state index contributed by atoms with van der Waals surface area (Å²) in [6, 6.07) is 4.65. The van der Waals surface area contributed by atoms with Gasteiger partial charge in [-0.1, -0.05) is 12.1 Å². The van der Waals surface area contributed by atoms with Crippen LogP contribution in [0.2, 0.25) is 0 Å². The Kier molecular flexibility index (Phi) is 6.67. The number of methoxy groups -OCH3 is 1. The third-order valence-corrected chi connectivity index (χ3v) is 3.10. The molecular weight excluding hydrogens is 245 g/mol. The van der Waals surface area contributed by atoms with Crippen LogP contribution in [0.3, 0.4) is 0 Å². The fourth-order valence-corrected chi connectivity index (χ4v) is 1.79. The monoisotopic (exact) mass is 267 g/mol. The van der Waals surface area contributed by atoms with E-state index in [1.807, 2.05) is 7.05 Å². The number of benzene rings is 1. The molecule has 0 saturated heterocycles. The summed E-state index contributed by atoms with van der Waals surface area (Å²) in [5.41, 5.74) is 1.02. The first-order chi connectivity index (χ1) is 9.04. The average Bonchev–Trinajstić information content (AvgIpc) is 2.39. The molecule has 3 nitrogen and oxygen atoms in total. The number of ketones is 1. The molecule has 0 heterocycles. The quantitative estimate of drug-likeness (QED) is 0.536. The zero-order chi connectivity index (χ0) is 14.3. The molecule has 0 unspecified atom stereocenters. The lowest BCUT2D eigenvalue weighted by Gasteiger charge is -2.15. The average molecular weight is 267 g/mol. The Labute approximate surface area is 114 Å². The van der Waals surface area contributed by atoms with Crippen molar-refractivity contribution in [2.24, 2.45) is 0 Å². The van der Waals surface area contributed by atoms with E-state index in [0.717, 1.165) is 19.6 Å². The molecule has 0 bridgehead atoms. The Hall–Kier alpha value is -1.26. The highest BCUT2D eigenvalue weighted by atomic mass is 19.1.